The summed E-state index contributed by atoms with van der Waals surface area (Å²) < 4.78 is 5.28. The molecule has 7 nitrogen and oxygen atoms in total. The van der Waals surface area contributed by atoms with Crippen LogP contribution in [0.4, 0.5) is 9.93 Å². The quantitative estimate of drug-likeness (QED) is 0.824. The maximum absolute atomic E-state index is 12.9. The van der Waals surface area contributed by atoms with Crippen LogP contribution in [-0.4, -0.2) is 54.2 Å². The molecule has 2 aromatic rings. The number of carbonyl (C=O) groups excluding carboxylic acids is 2. The van der Waals surface area contributed by atoms with Crippen molar-refractivity contribution in [1.29, 1.82) is 0 Å². The van der Waals surface area contributed by atoms with E-state index in [4.69, 9.17) is 4.74 Å². The van der Waals surface area contributed by atoms with Gasteiger partial charge in [-0.3, -0.25) is 4.79 Å². The Balaban J connectivity index is 1.71. The van der Waals surface area contributed by atoms with Crippen LogP contribution in [0.2, 0.25) is 0 Å². The monoisotopic (exact) mass is 388 g/mol. The number of nitrogens with zero attached hydrogens (tertiary/aromatic N) is 2. The molecule has 3 rings (SSSR count). The van der Waals surface area contributed by atoms with Gasteiger partial charge in [0.25, 0.3) is 0 Å². The summed E-state index contributed by atoms with van der Waals surface area (Å²) in [6.45, 7) is 5.95. The average Bonchev–Trinajstić information content (AvgIpc) is 2.99. The van der Waals surface area contributed by atoms with Crippen molar-refractivity contribution in [1.82, 2.24) is 15.2 Å². The highest BCUT2D eigenvalue weighted by atomic mass is 32.1. The van der Waals surface area contributed by atoms with E-state index in [9.17, 15) is 9.59 Å². The second-order valence-electron chi connectivity index (χ2n) is 6.44. The van der Waals surface area contributed by atoms with Gasteiger partial charge in [0.15, 0.2) is 5.13 Å². The fourth-order valence-electron chi connectivity index (χ4n) is 2.78. The molecule has 1 atom stereocenters. The highest BCUT2D eigenvalue weighted by Crippen LogP contribution is 2.21. The molecule has 8 heteroatoms. The number of morpholine rings is 1. The molecule has 27 heavy (non-hydrogen) atoms. The first-order valence-electron chi connectivity index (χ1n) is 8.95. The Labute approximate surface area is 162 Å². The third kappa shape index (κ3) is 5.27. The van der Waals surface area contributed by atoms with Gasteiger partial charge >= 0.3 is 6.03 Å². The number of benzene rings is 1. The van der Waals surface area contributed by atoms with E-state index in [0.717, 1.165) is 16.1 Å². The van der Waals surface area contributed by atoms with Crippen LogP contribution in [0.3, 0.4) is 0 Å². The molecule has 0 saturated carbocycles. The van der Waals surface area contributed by atoms with Crippen LogP contribution >= 0.6 is 11.3 Å². The van der Waals surface area contributed by atoms with E-state index in [2.05, 4.69) is 15.6 Å². The minimum absolute atomic E-state index is 0.249. The van der Waals surface area contributed by atoms with Gasteiger partial charge in [0.05, 0.1) is 18.9 Å². The second kappa shape index (κ2) is 8.96. The lowest BCUT2D eigenvalue weighted by atomic mass is 10.1. The van der Waals surface area contributed by atoms with E-state index in [1.807, 2.05) is 44.2 Å². The number of anilines is 1. The van der Waals surface area contributed by atoms with E-state index < -0.39 is 6.04 Å². The molecule has 0 radical (unpaired) electrons. The van der Waals surface area contributed by atoms with E-state index >= 15 is 0 Å². The Kier molecular flexibility index (Phi) is 6.41. The van der Waals surface area contributed by atoms with Crippen LogP contribution in [0.5, 0.6) is 0 Å². The zero-order valence-corrected chi connectivity index (χ0v) is 16.3. The van der Waals surface area contributed by atoms with Gasteiger partial charge in [0.1, 0.15) is 6.04 Å². The maximum Gasteiger partial charge on any atom is 0.318 e. The molecule has 0 spiro atoms. The lowest BCUT2D eigenvalue weighted by Crippen LogP contribution is -2.53. The van der Waals surface area contributed by atoms with Gasteiger partial charge in [-0.2, -0.15) is 0 Å². The standard InChI is InChI=1S/C19H24N4O3S/c1-13-14(2)27-18(20-13)22-17(24)16(12-15-6-4-3-5-7-15)21-19(25)23-8-10-26-11-9-23/h3-7,16H,8-12H2,1-2H3,(H,21,25)(H,20,22,24)/t16-/m1/s1. The second-order valence-corrected chi connectivity index (χ2v) is 7.64. The normalized spacial score (nSPS) is 15.3. The Morgan fingerprint density at radius 1 is 1.22 bits per heavy atom. The number of nitrogens with one attached hydrogen (secondary N) is 2. The largest absolute Gasteiger partial charge is 0.378 e. The van der Waals surface area contributed by atoms with E-state index in [-0.39, 0.29) is 11.9 Å². The molecule has 0 unspecified atom stereocenters. The number of amides is 3. The molecule has 0 aliphatic carbocycles. The number of carbonyl (C=O) groups is 2. The number of urea groups is 1. The highest BCUT2D eigenvalue weighted by Gasteiger charge is 2.26. The van der Waals surface area contributed by atoms with Crippen molar-refractivity contribution in [2.75, 3.05) is 31.6 Å². The summed E-state index contributed by atoms with van der Waals surface area (Å²) in [5, 5.41) is 6.27. The summed E-state index contributed by atoms with van der Waals surface area (Å²) in [6, 6.07) is 8.71. The van der Waals surface area contributed by atoms with Crippen molar-refractivity contribution in [3.8, 4) is 0 Å². The van der Waals surface area contributed by atoms with Crippen molar-refractivity contribution in [3.63, 3.8) is 0 Å². The molecule has 1 aliphatic heterocycles. The molecule has 2 heterocycles. The predicted molar refractivity (Wildman–Crippen MR) is 105 cm³/mol. The molecule has 144 valence electrons. The molecule has 1 aliphatic rings. The molecule has 0 bridgehead atoms. The first-order valence-corrected chi connectivity index (χ1v) is 9.76. The Morgan fingerprint density at radius 2 is 1.93 bits per heavy atom. The van der Waals surface area contributed by atoms with Gasteiger partial charge in [-0.15, -0.1) is 11.3 Å². The van der Waals surface area contributed by atoms with E-state index in [1.165, 1.54) is 11.3 Å². The number of ether oxygens (including phenoxy) is 1. The van der Waals surface area contributed by atoms with Crippen LogP contribution in [0.15, 0.2) is 30.3 Å². The molecule has 2 N–H and O–H groups in total. The zero-order chi connectivity index (χ0) is 19.2. The smallest absolute Gasteiger partial charge is 0.318 e. The van der Waals surface area contributed by atoms with Crippen LogP contribution < -0.4 is 10.6 Å². The summed E-state index contributed by atoms with van der Waals surface area (Å²) in [6.07, 6.45) is 0.409. The molecular weight excluding hydrogens is 364 g/mol. The van der Waals surface area contributed by atoms with Gasteiger partial charge in [-0.1, -0.05) is 30.3 Å². The van der Waals surface area contributed by atoms with Crippen molar-refractivity contribution >= 4 is 28.4 Å². The SMILES string of the molecule is Cc1nc(NC(=O)[C@@H](Cc2ccccc2)NC(=O)N2CCOCC2)sc1C. The summed E-state index contributed by atoms with van der Waals surface area (Å²) in [7, 11) is 0. The van der Waals surface area contributed by atoms with Gasteiger partial charge in [0.2, 0.25) is 5.91 Å². The summed E-state index contributed by atoms with van der Waals surface area (Å²) in [5.74, 6) is -0.269. The van der Waals surface area contributed by atoms with Crippen LogP contribution in [0.1, 0.15) is 16.1 Å². The Bertz CT molecular complexity index is 768. The van der Waals surface area contributed by atoms with E-state index in [1.54, 1.807) is 4.90 Å². The molecule has 1 aromatic heterocycles. The fraction of sp³-hybridized carbons (Fsp3) is 0.421. The van der Waals surface area contributed by atoms with Crippen molar-refractivity contribution in [3.05, 3.63) is 46.5 Å². The minimum atomic E-state index is -0.688. The summed E-state index contributed by atoms with van der Waals surface area (Å²) in [4.78, 5) is 32.5. The Morgan fingerprint density at radius 3 is 2.56 bits per heavy atom. The van der Waals surface area contributed by atoms with Crippen LogP contribution in [-0.2, 0) is 16.0 Å². The van der Waals surface area contributed by atoms with Crippen molar-refractivity contribution < 1.29 is 14.3 Å². The van der Waals surface area contributed by atoms with Gasteiger partial charge < -0.3 is 20.3 Å². The van der Waals surface area contributed by atoms with Crippen LogP contribution in [0, 0.1) is 13.8 Å². The molecule has 3 amide bonds. The number of hydrogen-bond donors (Lipinski definition) is 2. The lowest BCUT2D eigenvalue weighted by Gasteiger charge is -2.29. The molecule has 1 saturated heterocycles. The summed E-state index contributed by atoms with van der Waals surface area (Å²) in [5.41, 5.74) is 1.87. The number of aromatic nitrogens is 1. The fourth-order valence-corrected chi connectivity index (χ4v) is 3.60. The third-order valence-corrected chi connectivity index (χ3v) is 5.44. The number of rotatable bonds is 5. The molecular formula is C19H24N4O3S. The van der Waals surface area contributed by atoms with Crippen LogP contribution in [0.25, 0.3) is 0 Å². The van der Waals surface area contributed by atoms with Crippen molar-refractivity contribution in [2.24, 2.45) is 0 Å². The van der Waals surface area contributed by atoms with Gasteiger partial charge in [0, 0.05) is 24.4 Å². The predicted octanol–water partition coefficient (Wildman–Crippen LogP) is 2.35. The lowest BCUT2D eigenvalue weighted by molar-refractivity contribution is -0.118. The van der Waals surface area contributed by atoms with Gasteiger partial charge in [-0.25, -0.2) is 9.78 Å². The van der Waals surface area contributed by atoms with Crippen molar-refractivity contribution in [2.45, 2.75) is 26.3 Å². The zero-order valence-electron chi connectivity index (χ0n) is 15.5. The maximum atomic E-state index is 12.9. The first kappa shape index (κ1) is 19.3. The number of hydrogen-bond acceptors (Lipinski definition) is 5. The first-order chi connectivity index (χ1) is 13.0. The summed E-state index contributed by atoms with van der Waals surface area (Å²) >= 11 is 1.43. The number of aryl methyl sites for hydroxylation is 2. The Hall–Kier alpha value is -2.45. The topological polar surface area (TPSA) is 83.6 Å². The highest BCUT2D eigenvalue weighted by molar-refractivity contribution is 7.15. The van der Waals surface area contributed by atoms with Gasteiger partial charge in [-0.05, 0) is 19.4 Å². The average molecular weight is 388 g/mol. The molecule has 1 aromatic carbocycles. The van der Waals surface area contributed by atoms with E-state index in [0.29, 0.717) is 37.9 Å². The third-order valence-electron chi connectivity index (χ3n) is 4.45. The number of thiazole rings is 1. The molecule has 1 fully saturated rings. The minimum Gasteiger partial charge on any atom is -0.378 e.